The number of hydrogen-bond donors (Lipinski definition) is 1. The van der Waals surface area contributed by atoms with Crippen molar-refractivity contribution < 1.29 is 9.59 Å². The summed E-state index contributed by atoms with van der Waals surface area (Å²) < 4.78 is 0. The van der Waals surface area contributed by atoms with E-state index in [4.69, 9.17) is 10.7 Å². The molecule has 2 N–H and O–H groups in total. The SMILES string of the molecule is C[C@@H]1CC[C@H](C(N)=O)CN1C(=O)c1cc(C2CC2)nc2ccccc12. The Labute approximate surface area is 147 Å². The maximum atomic E-state index is 13.3. The second-order valence-electron chi connectivity index (χ2n) is 7.37. The molecule has 2 fully saturated rings. The lowest BCUT2D eigenvalue weighted by Crippen LogP contribution is -2.48. The molecule has 1 aromatic heterocycles. The van der Waals surface area contributed by atoms with Gasteiger partial charge in [-0.3, -0.25) is 14.6 Å². The number of para-hydroxylation sites is 1. The highest BCUT2D eigenvalue weighted by atomic mass is 16.2. The molecular formula is C20H23N3O2. The van der Waals surface area contributed by atoms with E-state index in [2.05, 4.69) is 0 Å². The van der Waals surface area contributed by atoms with Crippen molar-refractivity contribution in [1.29, 1.82) is 0 Å². The molecule has 2 atom stereocenters. The third kappa shape index (κ3) is 2.99. The molecule has 4 rings (SSSR count). The summed E-state index contributed by atoms with van der Waals surface area (Å²) >= 11 is 0. The van der Waals surface area contributed by atoms with Crippen molar-refractivity contribution in [3.05, 3.63) is 41.6 Å². The lowest BCUT2D eigenvalue weighted by Gasteiger charge is -2.37. The number of nitrogens with zero attached hydrogens (tertiary/aromatic N) is 2. The van der Waals surface area contributed by atoms with Crippen LogP contribution in [0.1, 0.15) is 54.6 Å². The quantitative estimate of drug-likeness (QED) is 0.935. The fourth-order valence-corrected chi connectivity index (χ4v) is 3.74. The number of nitrogens with two attached hydrogens (primary N) is 1. The zero-order chi connectivity index (χ0) is 17.6. The number of aromatic nitrogens is 1. The molecule has 0 radical (unpaired) electrons. The minimum absolute atomic E-state index is 0.0149. The van der Waals surface area contributed by atoms with Crippen LogP contribution in [0.2, 0.25) is 0 Å². The molecule has 5 heteroatoms. The molecule has 1 aliphatic carbocycles. The van der Waals surface area contributed by atoms with Crippen molar-refractivity contribution in [2.75, 3.05) is 6.54 Å². The van der Waals surface area contributed by atoms with E-state index in [1.165, 1.54) is 0 Å². The molecule has 1 aromatic carbocycles. The topological polar surface area (TPSA) is 76.3 Å². The maximum absolute atomic E-state index is 13.3. The van der Waals surface area contributed by atoms with Crippen molar-refractivity contribution in [1.82, 2.24) is 9.88 Å². The second kappa shape index (κ2) is 6.14. The number of hydrogen-bond acceptors (Lipinski definition) is 3. The first-order valence-corrected chi connectivity index (χ1v) is 9.04. The van der Waals surface area contributed by atoms with Crippen LogP contribution in [-0.2, 0) is 4.79 Å². The molecule has 0 spiro atoms. The van der Waals surface area contributed by atoms with Gasteiger partial charge in [-0.1, -0.05) is 18.2 Å². The minimum atomic E-state index is -0.317. The van der Waals surface area contributed by atoms with Crippen LogP contribution < -0.4 is 5.73 Å². The van der Waals surface area contributed by atoms with E-state index in [0.717, 1.165) is 42.3 Å². The normalized spacial score (nSPS) is 23.6. The fraction of sp³-hybridized carbons (Fsp3) is 0.450. The van der Waals surface area contributed by atoms with Gasteiger partial charge in [0, 0.05) is 29.6 Å². The van der Waals surface area contributed by atoms with Crippen molar-refractivity contribution in [3.63, 3.8) is 0 Å². The third-order valence-corrected chi connectivity index (χ3v) is 5.51. The molecule has 130 valence electrons. The molecule has 25 heavy (non-hydrogen) atoms. The number of amides is 2. The Morgan fingerprint density at radius 1 is 1.16 bits per heavy atom. The largest absolute Gasteiger partial charge is 0.369 e. The van der Waals surface area contributed by atoms with Crippen LogP contribution in [0.5, 0.6) is 0 Å². The number of likely N-dealkylation sites (tertiary alicyclic amines) is 1. The highest BCUT2D eigenvalue weighted by Crippen LogP contribution is 2.40. The lowest BCUT2D eigenvalue weighted by atomic mass is 9.92. The molecule has 5 nitrogen and oxygen atoms in total. The number of rotatable bonds is 3. The van der Waals surface area contributed by atoms with E-state index >= 15 is 0 Å². The number of benzene rings is 1. The van der Waals surface area contributed by atoms with Crippen LogP contribution in [0.4, 0.5) is 0 Å². The minimum Gasteiger partial charge on any atom is -0.369 e. The van der Waals surface area contributed by atoms with Gasteiger partial charge in [-0.2, -0.15) is 0 Å². The van der Waals surface area contributed by atoms with Crippen molar-refractivity contribution in [2.45, 2.75) is 44.6 Å². The summed E-state index contributed by atoms with van der Waals surface area (Å²) in [5.41, 5.74) is 8.07. The van der Waals surface area contributed by atoms with E-state index in [1.54, 1.807) is 0 Å². The van der Waals surface area contributed by atoms with E-state index in [-0.39, 0.29) is 23.8 Å². The molecule has 1 saturated heterocycles. The zero-order valence-corrected chi connectivity index (χ0v) is 14.4. The molecule has 2 aliphatic rings. The van der Waals surface area contributed by atoms with Gasteiger partial charge in [0.1, 0.15) is 0 Å². The molecule has 0 unspecified atom stereocenters. The first-order valence-electron chi connectivity index (χ1n) is 9.04. The average molecular weight is 337 g/mol. The van der Waals surface area contributed by atoms with E-state index in [9.17, 15) is 9.59 Å². The standard InChI is InChI=1S/C20H23N3O2/c1-12-6-7-14(19(21)24)11-23(12)20(25)16-10-18(13-8-9-13)22-17-5-3-2-4-15(16)17/h2-5,10,12-14H,6-9,11H2,1H3,(H2,21,24)/t12-,14+/m1/s1. The van der Waals surface area contributed by atoms with Crippen LogP contribution in [0.3, 0.4) is 0 Å². The van der Waals surface area contributed by atoms with Gasteiger partial charge in [0.2, 0.25) is 5.91 Å². The molecule has 1 saturated carbocycles. The summed E-state index contributed by atoms with van der Waals surface area (Å²) in [6.07, 6.45) is 3.84. The lowest BCUT2D eigenvalue weighted by molar-refractivity contribution is -0.123. The van der Waals surface area contributed by atoms with Gasteiger partial charge >= 0.3 is 0 Å². The Hall–Kier alpha value is -2.43. The maximum Gasteiger partial charge on any atom is 0.254 e. The number of fused-ring (bicyclic) bond motifs is 1. The number of carbonyl (C=O) groups excluding carboxylic acids is 2. The molecular weight excluding hydrogens is 314 g/mol. The van der Waals surface area contributed by atoms with Gasteiger partial charge in [-0.05, 0) is 44.7 Å². The van der Waals surface area contributed by atoms with Crippen molar-refractivity contribution in [2.24, 2.45) is 11.7 Å². The summed E-state index contributed by atoms with van der Waals surface area (Å²) in [5, 5.41) is 0.880. The first-order chi connectivity index (χ1) is 12.0. The molecule has 2 heterocycles. The van der Waals surface area contributed by atoms with Crippen LogP contribution in [0, 0.1) is 5.92 Å². The summed E-state index contributed by atoms with van der Waals surface area (Å²) in [6, 6.07) is 9.87. The van der Waals surface area contributed by atoms with Crippen LogP contribution >= 0.6 is 0 Å². The van der Waals surface area contributed by atoms with Gasteiger partial charge in [-0.25, -0.2) is 0 Å². The van der Waals surface area contributed by atoms with E-state index < -0.39 is 0 Å². The zero-order valence-electron chi connectivity index (χ0n) is 14.4. The average Bonchev–Trinajstić information content (AvgIpc) is 3.45. The summed E-state index contributed by atoms with van der Waals surface area (Å²) in [4.78, 5) is 31.5. The Morgan fingerprint density at radius 2 is 1.92 bits per heavy atom. The molecule has 1 aliphatic heterocycles. The van der Waals surface area contributed by atoms with Gasteiger partial charge in [0.25, 0.3) is 5.91 Å². The summed E-state index contributed by atoms with van der Waals surface area (Å²) in [5.74, 6) is -0.105. The Kier molecular flexibility index (Phi) is 3.94. The number of carbonyl (C=O) groups is 2. The second-order valence-corrected chi connectivity index (χ2v) is 7.37. The highest BCUT2D eigenvalue weighted by molar-refractivity contribution is 6.06. The highest BCUT2D eigenvalue weighted by Gasteiger charge is 2.34. The first kappa shape index (κ1) is 16.1. The predicted molar refractivity (Wildman–Crippen MR) is 96.1 cm³/mol. The molecule has 2 amide bonds. The summed E-state index contributed by atoms with van der Waals surface area (Å²) in [7, 11) is 0. The monoisotopic (exact) mass is 337 g/mol. The number of primary amides is 1. The molecule has 2 aromatic rings. The fourth-order valence-electron chi connectivity index (χ4n) is 3.74. The predicted octanol–water partition coefficient (Wildman–Crippen LogP) is 2.84. The van der Waals surface area contributed by atoms with Crippen LogP contribution in [0.15, 0.2) is 30.3 Å². The van der Waals surface area contributed by atoms with Crippen LogP contribution in [-0.4, -0.2) is 34.3 Å². The Morgan fingerprint density at radius 3 is 2.64 bits per heavy atom. The van der Waals surface area contributed by atoms with E-state index in [0.29, 0.717) is 18.0 Å². The number of piperidine rings is 1. The number of pyridine rings is 1. The van der Waals surface area contributed by atoms with Gasteiger partial charge < -0.3 is 10.6 Å². The smallest absolute Gasteiger partial charge is 0.254 e. The van der Waals surface area contributed by atoms with Gasteiger partial charge in [0.15, 0.2) is 0 Å². The van der Waals surface area contributed by atoms with Crippen molar-refractivity contribution in [3.8, 4) is 0 Å². The van der Waals surface area contributed by atoms with Crippen molar-refractivity contribution >= 4 is 22.7 Å². The third-order valence-electron chi connectivity index (χ3n) is 5.51. The van der Waals surface area contributed by atoms with E-state index in [1.807, 2.05) is 42.2 Å². The summed E-state index contributed by atoms with van der Waals surface area (Å²) in [6.45, 7) is 2.45. The Balaban J connectivity index is 1.74. The molecule has 0 bridgehead atoms. The van der Waals surface area contributed by atoms with Gasteiger partial charge in [0.05, 0.1) is 17.0 Å². The van der Waals surface area contributed by atoms with Crippen LogP contribution in [0.25, 0.3) is 10.9 Å². The van der Waals surface area contributed by atoms with Gasteiger partial charge in [-0.15, -0.1) is 0 Å². The Bertz CT molecular complexity index is 844.